The molecule has 1 N–H and O–H groups in total. The Kier molecular flexibility index (Phi) is 3.45. The highest BCUT2D eigenvalue weighted by molar-refractivity contribution is 7.86. The standard InChI is InChI=1S/C13H19NOS/c1-4-5-12-13(14-3)10-8-9(2)6-7-11(10)16(12)15/h6-8,12-14H,4-5H2,1-3H3. The topological polar surface area (TPSA) is 29.1 Å². The molecule has 0 aromatic heterocycles. The van der Waals surface area contributed by atoms with Crippen LogP contribution in [-0.2, 0) is 10.8 Å². The van der Waals surface area contributed by atoms with Crippen LogP contribution >= 0.6 is 0 Å². The minimum atomic E-state index is -0.836. The lowest BCUT2D eigenvalue weighted by Crippen LogP contribution is -2.26. The van der Waals surface area contributed by atoms with Crippen molar-refractivity contribution in [1.82, 2.24) is 5.32 Å². The van der Waals surface area contributed by atoms with Crippen LogP contribution in [0.5, 0.6) is 0 Å². The van der Waals surface area contributed by atoms with Crippen molar-refractivity contribution in [3.8, 4) is 0 Å². The van der Waals surface area contributed by atoms with Gasteiger partial charge in [0, 0.05) is 10.9 Å². The molecule has 3 heteroatoms. The van der Waals surface area contributed by atoms with Gasteiger partial charge < -0.3 is 5.32 Å². The van der Waals surface area contributed by atoms with Crippen LogP contribution in [0.1, 0.15) is 36.9 Å². The maximum absolute atomic E-state index is 12.3. The first kappa shape index (κ1) is 11.8. The molecular weight excluding hydrogens is 218 g/mol. The van der Waals surface area contributed by atoms with Crippen molar-refractivity contribution in [2.24, 2.45) is 0 Å². The number of fused-ring (bicyclic) bond motifs is 1. The van der Waals surface area contributed by atoms with Gasteiger partial charge in [0.1, 0.15) is 0 Å². The summed E-state index contributed by atoms with van der Waals surface area (Å²) in [6, 6.07) is 6.51. The first-order valence-electron chi connectivity index (χ1n) is 5.87. The Hall–Kier alpha value is -0.670. The molecule has 16 heavy (non-hydrogen) atoms. The summed E-state index contributed by atoms with van der Waals surface area (Å²) in [5.41, 5.74) is 2.48. The fourth-order valence-corrected chi connectivity index (χ4v) is 4.41. The Labute approximate surface area is 99.9 Å². The van der Waals surface area contributed by atoms with E-state index < -0.39 is 10.8 Å². The molecule has 1 aliphatic rings. The van der Waals surface area contributed by atoms with E-state index >= 15 is 0 Å². The molecule has 0 fully saturated rings. The van der Waals surface area contributed by atoms with E-state index in [0.29, 0.717) is 0 Å². The second kappa shape index (κ2) is 4.68. The monoisotopic (exact) mass is 237 g/mol. The smallest absolute Gasteiger partial charge is 0.0589 e. The van der Waals surface area contributed by atoms with Crippen LogP contribution in [0.4, 0.5) is 0 Å². The summed E-state index contributed by atoms with van der Waals surface area (Å²) < 4.78 is 12.3. The molecule has 1 aliphatic heterocycles. The van der Waals surface area contributed by atoms with E-state index in [2.05, 4.69) is 31.3 Å². The Bertz CT molecular complexity index is 416. The highest BCUT2D eigenvalue weighted by Crippen LogP contribution is 2.38. The minimum Gasteiger partial charge on any atom is -0.312 e. The van der Waals surface area contributed by atoms with E-state index in [1.165, 1.54) is 11.1 Å². The SMILES string of the molecule is CCCC1C(NC)c2cc(C)ccc2S1=O. The van der Waals surface area contributed by atoms with Crippen molar-refractivity contribution in [2.75, 3.05) is 7.05 Å². The van der Waals surface area contributed by atoms with E-state index in [0.717, 1.165) is 17.7 Å². The van der Waals surface area contributed by atoms with Crippen molar-refractivity contribution in [3.05, 3.63) is 29.3 Å². The van der Waals surface area contributed by atoms with Gasteiger partial charge in [0.25, 0.3) is 0 Å². The van der Waals surface area contributed by atoms with E-state index in [1.54, 1.807) is 0 Å². The van der Waals surface area contributed by atoms with Gasteiger partial charge in [-0.3, -0.25) is 4.21 Å². The zero-order chi connectivity index (χ0) is 11.7. The molecule has 3 atom stereocenters. The second-order valence-corrected chi connectivity index (χ2v) is 6.07. The molecule has 0 bridgehead atoms. The van der Waals surface area contributed by atoms with E-state index in [4.69, 9.17) is 0 Å². The fourth-order valence-electron chi connectivity index (χ4n) is 2.48. The number of hydrogen-bond donors (Lipinski definition) is 1. The largest absolute Gasteiger partial charge is 0.312 e. The molecule has 1 aromatic rings. The zero-order valence-corrected chi connectivity index (χ0v) is 10.9. The maximum Gasteiger partial charge on any atom is 0.0589 e. The quantitative estimate of drug-likeness (QED) is 0.875. The molecule has 0 radical (unpaired) electrons. The van der Waals surface area contributed by atoms with Crippen LogP contribution in [0, 0.1) is 6.92 Å². The molecular formula is C13H19NOS. The van der Waals surface area contributed by atoms with Gasteiger partial charge in [0.15, 0.2) is 0 Å². The van der Waals surface area contributed by atoms with Crippen molar-refractivity contribution < 1.29 is 4.21 Å². The molecule has 0 saturated carbocycles. The lowest BCUT2D eigenvalue weighted by molar-refractivity contribution is 0.534. The van der Waals surface area contributed by atoms with Crippen molar-refractivity contribution in [3.63, 3.8) is 0 Å². The fraction of sp³-hybridized carbons (Fsp3) is 0.538. The normalized spacial score (nSPS) is 28.1. The average Bonchev–Trinajstić information content (AvgIpc) is 2.52. The Balaban J connectivity index is 2.43. The zero-order valence-electron chi connectivity index (χ0n) is 10.1. The van der Waals surface area contributed by atoms with E-state index in [9.17, 15) is 4.21 Å². The molecule has 88 valence electrons. The molecule has 3 unspecified atom stereocenters. The molecule has 1 aromatic carbocycles. The summed E-state index contributed by atoms with van der Waals surface area (Å²) in [5.74, 6) is 0. The van der Waals surface area contributed by atoms with E-state index in [-0.39, 0.29) is 11.3 Å². The van der Waals surface area contributed by atoms with Crippen LogP contribution in [-0.4, -0.2) is 16.5 Å². The molecule has 1 heterocycles. The Morgan fingerprint density at radius 1 is 1.44 bits per heavy atom. The van der Waals surface area contributed by atoms with Gasteiger partial charge in [0.05, 0.1) is 16.0 Å². The Morgan fingerprint density at radius 2 is 2.19 bits per heavy atom. The first-order valence-corrected chi connectivity index (χ1v) is 7.08. The van der Waals surface area contributed by atoms with Gasteiger partial charge in [-0.05, 0) is 32.0 Å². The molecule has 0 spiro atoms. The molecule has 0 saturated heterocycles. The number of benzene rings is 1. The summed E-state index contributed by atoms with van der Waals surface area (Å²) in [7, 11) is 1.12. The number of nitrogens with one attached hydrogen (secondary N) is 1. The van der Waals surface area contributed by atoms with Crippen LogP contribution in [0.3, 0.4) is 0 Å². The molecule has 2 nitrogen and oxygen atoms in total. The summed E-state index contributed by atoms with van der Waals surface area (Å²) >= 11 is 0. The average molecular weight is 237 g/mol. The van der Waals surface area contributed by atoms with Crippen molar-refractivity contribution >= 4 is 10.8 Å². The van der Waals surface area contributed by atoms with Crippen molar-refractivity contribution in [2.45, 2.75) is 42.9 Å². The van der Waals surface area contributed by atoms with E-state index in [1.807, 2.05) is 13.1 Å². The van der Waals surface area contributed by atoms with Gasteiger partial charge in [0.2, 0.25) is 0 Å². The summed E-state index contributed by atoms with van der Waals surface area (Å²) in [4.78, 5) is 1.03. The van der Waals surface area contributed by atoms with Crippen LogP contribution in [0.15, 0.2) is 23.1 Å². The van der Waals surface area contributed by atoms with Gasteiger partial charge in [-0.2, -0.15) is 0 Å². The third-order valence-corrected chi connectivity index (χ3v) is 5.11. The molecule has 0 amide bonds. The lowest BCUT2D eigenvalue weighted by atomic mass is 10.00. The third-order valence-electron chi connectivity index (χ3n) is 3.25. The highest BCUT2D eigenvalue weighted by Gasteiger charge is 2.36. The molecule has 0 aliphatic carbocycles. The van der Waals surface area contributed by atoms with Gasteiger partial charge >= 0.3 is 0 Å². The van der Waals surface area contributed by atoms with Crippen LogP contribution in [0.2, 0.25) is 0 Å². The summed E-state index contributed by atoms with van der Waals surface area (Å²) in [5, 5.41) is 3.56. The summed E-state index contributed by atoms with van der Waals surface area (Å²) in [6.45, 7) is 4.24. The second-order valence-electron chi connectivity index (χ2n) is 4.43. The first-order chi connectivity index (χ1) is 7.69. The number of rotatable bonds is 3. The minimum absolute atomic E-state index is 0.242. The highest BCUT2D eigenvalue weighted by atomic mass is 32.2. The van der Waals surface area contributed by atoms with Gasteiger partial charge in [-0.15, -0.1) is 0 Å². The van der Waals surface area contributed by atoms with Crippen LogP contribution < -0.4 is 5.32 Å². The molecule has 2 rings (SSSR count). The van der Waals surface area contributed by atoms with Gasteiger partial charge in [-0.1, -0.05) is 31.0 Å². The van der Waals surface area contributed by atoms with Crippen molar-refractivity contribution in [1.29, 1.82) is 0 Å². The van der Waals surface area contributed by atoms with Gasteiger partial charge in [-0.25, -0.2) is 0 Å². The predicted octanol–water partition coefficient (Wildman–Crippen LogP) is 2.55. The number of aryl methyl sites for hydroxylation is 1. The third kappa shape index (κ3) is 1.82. The summed E-state index contributed by atoms with van der Waals surface area (Å²) in [6.07, 6.45) is 2.10. The predicted molar refractivity (Wildman–Crippen MR) is 68.1 cm³/mol. The maximum atomic E-state index is 12.3. The number of hydrogen-bond acceptors (Lipinski definition) is 2. The van der Waals surface area contributed by atoms with Crippen LogP contribution in [0.25, 0.3) is 0 Å². The lowest BCUT2D eigenvalue weighted by Gasteiger charge is -2.17. The Morgan fingerprint density at radius 3 is 2.81 bits per heavy atom.